The van der Waals surface area contributed by atoms with Crippen LogP contribution in [0.3, 0.4) is 0 Å². The molecular formula is C51H58O14. The third-order valence-electron chi connectivity index (χ3n) is 16.6. The summed E-state index contributed by atoms with van der Waals surface area (Å²) in [4.78, 5) is 25.0. The van der Waals surface area contributed by atoms with Gasteiger partial charge in [0.15, 0.2) is 46.4 Å². The van der Waals surface area contributed by atoms with Gasteiger partial charge in [-0.25, -0.2) is 4.79 Å². The summed E-state index contributed by atoms with van der Waals surface area (Å²) in [5.74, 6) is -4.71. The van der Waals surface area contributed by atoms with Crippen LogP contribution in [0.25, 0.3) is 0 Å². The van der Waals surface area contributed by atoms with Crippen molar-refractivity contribution in [1.82, 2.24) is 0 Å². The fraction of sp³-hybridized carbons (Fsp3) is 0.451. The zero-order valence-corrected chi connectivity index (χ0v) is 37.4. The number of rotatable bonds is 4. The van der Waals surface area contributed by atoms with Crippen molar-refractivity contribution in [1.29, 1.82) is 0 Å². The van der Waals surface area contributed by atoms with Crippen molar-refractivity contribution in [2.24, 2.45) is 27.6 Å². The van der Waals surface area contributed by atoms with E-state index in [2.05, 4.69) is 33.8 Å². The number of aliphatic carboxylic acids is 1. The van der Waals surface area contributed by atoms with E-state index >= 15 is 0 Å². The highest BCUT2D eigenvalue weighted by Gasteiger charge is 2.67. The number of hydrogen-bond donors (Lipinski definition) is 10. The Morgan fingerprint density at radius 1 is 0.692 bits per heavy atom. The predicted octanol–water partition coefficient (Wildman–Crippen LogP) is 9.17. The van der Waals surface area contributed by atoms with Gasteiger partial charge in [0.1, 0.15) is 23.4 Å². The van der Waals surface area contributed by atoms with Crippen LogP contribution >= 0.6 is 0 Å². The van der Waals surface area contributed by atoms with Crippen molar-refractivity contribution in [3.05, 3.63) is 93.6 Å². The predicted molar refractivity (Wildman–Crippen MR) is 237 cm³/mol. The Morgan fingerprint density at radius 3 is 2.02 bits per heavy atom. The van der Waals surface area contributed by atoms with Crippen molar-refractivity contribution in [3.8, 4) is 57.5 Å². The van der Waals surface area contributed by atoms with Gasteiger partial charge in [-0.2, -0.15) is 0 Å². The molecule has 9 rings (SSSR count). The fourth-order valence-corrected chi connectivity index (χ4v) is 12.4. The lowest BCUT2D eigenvalue weighted by Gasteiger charge is -2.69. The van der Waals surface area contributed by atoms with Gasteiger partial charge in [0.25, 0.3) is 0 Å². The molecule has 0 bridgehead atoms. The van der Waals surface area contributed by atoms with Crippen LogP contribution < -0.4 is 4.74 Å². The van der Waals surface area contributed by atoms with E-state index < -0.39 is 52.6 Å². The van der Waals surface area contributed by atoms with Crippen molar-refractivity contribution < 1.29 is 70.1 Å². The summed E-state index contributed by atoms with van der Waals surface area (Å²) >= 11 is 0. The molecule has 10 N–H and O–H groups in total. The van der Waals surface area contributed by atoms with E-state index in [0.717, 1.165) is 80.7 Å². The number of benzene rings is 4. The van der Waals surface area contributed by atoms with Crippen LogP contribution in [0, 0.1) is 34.5 Å². The summed E-state index contributed by atoms with van der Waals surface area (Å²) in [6.45, 7) is 13.5. The highest BCUT2D eigenvalue weighted by molar-refractivity contribution is 5.91. The number of phenols is 9. The molecule has 65 heavy (non-hydrogen) atoms. The maximum absolute atomic E-state index is 12.7. The lowest BCUT2D eigenvalue weighted by atomic mass is 9.34. The molecule has 3 saturated carbocycles. The summed E-state index contributed by atoms with van der Waals surface area (Å²) in [7, 11) is 0. The van der Waals surface area contributed by atoms with Gasteiger partial charge in [0.2, 0.25) is 0 Å². The van der Waals surface area contributed by atoms with Gasteiger partial charge in [-0.15, -0.1) is 0 Å². The molecule has 5 aliphatic rings. The Bertz CT molecular complexity index is 2650. The minimum atomic E-state index is -1.06. The Labute approximate surface area is 376 Å². The molecular weight excluding hydrogens is 837 g/mol. The zero-order chi connectivity index (χ0) is 47.3. The van der Waals surface area contributed by atoms with Gasteiger partial charge in [-0.1, -0.05) is 45.4 Å². The second kappa shape index (κ2) is 15.3. The molecule has 0 saturated heterocycles. The van der Waals surface area contributed by atoms with Gasteiger partial charge in [0.05, 0.1) is 11.0 Å². The van der Waals surface area contributed by atoms with Crippen molar-refractivity contribution in [2.45, 2.75) is 117 Å². The molecule has 3 fully saturated rings. The highest BCUT2D eigenvalue weighted by Crippen LogP contribution is 2.74. The number of carbonyl (C=O) groups is 2. The monoisotopic (exact) mass is 894 g/mol. The average molecular weight is 895 g/mol. The minimum Gasteiger partial charge on any atom is -0.508 e. The van der Waals surface area contributed by atoms with Crippen LogP contribution in [0.4, 0.5) is 0 Å². The summed E-state index contributed by atoms with van der Waals surface area (Å²) in [6.07, 6.45) is 7.91. The number of phenolic OH excluding ortho intramolecular Hbond substituents is 9. The third-order valence-corrected chi connectivity index (χ3v) is 16.6. The summed E-state index contributed by atoms with van der Waals surface area (Å²) in [5, 5.41) is 99.2. The van der Waals surface area contributed by atoms with Crippen LogP contribution in [0.1, 0.15) is 124 Å². The number of hydrogen-bond acceptors (Lipinski definition) is 13. The standard InChI is InChI=1S/C29H40O4.C22H18O10/c1-17-18-7-8-21-27(4,19(18)15-20(30)23(17)31)12-14-29(6)22-16-26(3,24(32)33)10-9-25(22,2)11-13-28(21,29)5;23-11-6-14(25)12-8-19(32-22(30)10-4-16(27)20(29)17(28)5-10)21(31-18(12)7-11)9-1-2-13(24)15(26)3-9/h8,15,22,30-31H,7,9-14,16H2,1-6H3,(H,32,33);1-7,19,21,23-29H,8H2. The van der Waals surface area contributed by atoms with E-state index in [1.54, 1.807) is 0 Å². The van der Waals surface area contributed by atoms with E-state index in [4.69, 9.17) is 9.47 Å². The van der Waals surface area contributed by atoms with Crippen molar-refractivity contribution >= 4 is 11.9 Å². The van der Waals surface area contributed by atoms with E-state index in [1.807, 2.05) is 19.9 Å². The fourth-order valence-electron chi connectivity index (χ4n) is 12.4. The molecule has 4 aromatic carbocycles. The van der Waals surface area contributed by atoms with Crippen LogP contribution in [-0.2, 0) is 27.8 Å². The number of esters is 1. The van der Waals surface area contributed by atoms with Gasteiger partial charge in [-0.05, 0) is 134 Å². The molecule has 0 radical (unpaired) electrons. The van der Waals surface area contributed by atoms with E-state index in [9.17, 15) is 60.7 Å². The largest absolute Gasteiger partial charge is 0.508 e. The quantitative estimate of drug-likeness (QED) is 0.0521. The summed E-state index contributed by atoms with van der Waals surface area (Å²) < 4.78 is 11.4. The first-order valence-electron chi connectivity index (χ1n) is 22.0. The Hall–Kier alpha value is -6.44. The minimum absolute atomic E-state index is 0.00431. The molecule has 0 aromatic heterocycles. The summed E-state index contributed by atoms with van der Waals surface area (Å²) in [5.41, 5.74) is 4.33. The highest BCUT2D eigenvalue weighted by atomic mass is 16.6. The smallest absolute Gasteiger partial charge is 0.338 e. The topological polar surface area (TPSA) is 255 Å². The van der Waals surface area contributed by atoms with Gasteiger partial charge in [-0.3, -0.25) is 4.79 Å². The first kappa shape index (κ1) is 45.1. The van der Waals surface area contributed by atoms with Gasteiger partial charge in [0, 0.05) is 35.1 Å². The van der Waals surface area contributed by atoms with E-state index in [1.165, 1.54) is 35.4 Å². The van der Waals surface area contributed by atoms with E-state index in [0.29, 0.717) is 11.5 Å². The average Bonchev–Trinajstić information content (AvgIpc) is 3.24. The number of carboxylic acid groups (broad SMARTS) is 1. The summed E-state index contributed by atoms with van der Waals surface area (Å²) in [6, 6.07) is 9.88. The van der Waals surface area contributed by atoms with Crippen LogP contribution in [0.2, 0.25) is 0 Å². The number of carboxylic acids is 1. The molecule has 14 nitrogen and oxygen atoms in total. The number of carbonyl (C=O) groups excluding carboxylic acids is 1. The first-order valence-corrected chi connectivity index (χ1v) is 22.0. The lowest BCUT2D eigenvalue weighted by molar-refractivity contribution is -0.177. The van der Waals surface area contributed by atoms with Crippen LogP contribution in [-0.4, -0.2) is 69.1 Å². The Balaban J connectivity index is 0.000000177. The number of fused-ring (bicyclic) bond motifs is 8. The molecule has 4 aromatic rings. The van der Waals surface area contributed by atoms with Gasteiger partial charge >= 0.3 is 11.9 Å². The number of allylic oxidation sites excluding steroid dienone is 2. The zero-order valence-electron chi connectivity index (χ0n) is 37.4. The van der Waals surface area contributed by atoms with Crippen LogP contribution in [0.5, 0.6) is 57.5 Å². The van der Waals surface area contributed by atoms with Crippen LogP contribution in [0.15, 0.2) is 60.2 Å². The third kappa shape index (κ3) is 7.07. The number of ether oxygens (including phenoxy) is 2. The molecule has 4 aliphatic carbocycles. The molecule has 1 heterocycles. The van der Waals surface area contributed by atoms with Gasteiger partial charge < -0.3 is 60.5 Å². The second-order valence-electron chi connectivity index (χ2n) is 20.3. The maximum atomic E-state index is 12.7. The normalized spacial score (nSPS) is 30.9. The lowest BCUT2D eigenvalue weighted by Crippen LogP contribution is -2.62. The first-order chi connectivity index (χ1) is 30.4. The Morgan fingerprint density at radius 2 is 1.35 bits per heavy atom. The molecule has 1 aliphatic heterocycles. The number of aromatic hydroxyl groups is 9. The molecule has 8 unspecified atom stereocenters. The second-order valence-corrected chi connectivity index (χ2v) is 20.3. The Kier molecular flexibility index (Phi) is 10.7. The molecule has 14 heteroatoms. The molecule has 0 spiro atoms. The van der Waals surface area contributed by atoms with Crippen molar-refractivity contribution in [2.75, 3.05) is 0 Å². The SMILES string of the molecule is Cc1c(O)c(O)cc2c1CC=C1C2(C)CCC2(C)C3CC(C)(C(=O)O)CCC3(C)CCC12C.O=C(OC1Cc2c(O)cc(O)cc2OC1c1ccc(O)c(O)c1)c1cc(O)c(O)c(O)c1. The van der Waals surface area contributed by atoms with Crippen molar-refractivity contribution in [3.63, 3.8) is 0 Å². The molecule has 0 amide bonds. The molecule has 8 atom stereocenters. The molecule has 346 valence electrons. The maximum Gasteiger partial charge on any atom is 0.338 e. The van der Waals surface area contributed by atoms with E-state index in [-0.39, 0.29) is 73.7 Å².